The molecular formula is C24H25NOS. The number of ether oxygens (including phenoxy) is 1. The Balaban J connectivity index is 0.000000134. The molecule has 0 saturated carbocycles. The van der Waals surface area contributed by atoms with Gasteiger partial charge in [-0.15, -0.1) is 12.6 Å². The van der Waals surface area contributed by atoms with Gasteiger partial charge in [0.1, 0.15) is 0 Å². The van der Waals surface area contributed by atoms with Crippen LogP contribution in [0.25, 0.3) is 11.1 Å². The molecule has 138 valence electrons. The van der Waals surface area contributed by atoms with Gasteiger partial charge >= 0.3 is 0 Å². The van der Waals surface area contributed by atoms with Crippen LogP contribution in [0.3, 0.4) is 0 Å². The molecule has 1 spiro atoms. The van der Waals surface area contributed by atoms with E-state index in [1.165, 1.54) is 22.3 Å². The first-order valence-electron chi connectivity index (χ1n) is 9.54. The monoisotopic (exact) mass is 375 g/mol. The molecule has 0 radical (unpaired) electrons. The molecule has 3 aromatic carbocycles. The highest BCUT2D eigenvalue weighted by atomic mass is 32.1. The van der Waals surface area contributed by atoms with Crippen molar-refractivity contribution in [2.45, 2.75) is 29.9 Å². The van der Waals surface area contributed by atoms with Crippen LogP contribution in [0.4, 0.5) is 0 Å². The summed E-state index contributed by atoms with van der Waals surface area (Å²) in [6.07, 6.45) is 2.23. The standard InChI is InChI=1S/C12H15NO.C12H10S/c1-2-4-11-10(3-1)9-14-12(11)5-7-13-8-6-12;13-12-8-6-11(7-9-12)10-4-2-1-3-5-10/h1-4,13H,5-9H2;1-9,13H. The average Bonchev–Trinajstić information content (AvgIpc) is 3.08. The van der Waals surface area contributed by atoms with Crippen molar-refractivity contribution in [2.24, 2.45) is 0 Å². The molecule has 2 heterocycles. The van der Waals surface area contributed by atoms with Gasteiger partial charge in [0.2, 0.25) is 0 Å². The summed E-state index contributed by atoms with van der Waals surface area (Å²) in [5.41, 5.74) is 5.34. The van der Waals surface area contributed by atoms with Crippen LogP contribution >= 0.6 is 12.6 Å². The van der Waals surface area contributed by atoms with Crippen LogP contribution in [0, 0.1) is 0 Å². The topological polar surface area (TPSA) is 21.3 Å². The highest BCUT2D eigenvalue weighted by Gasteiger charge is 2.40. The van der Waals surface area contributed by atoms with Crippen molar-refractivity contribution < 1.29 is 4.74 Å². The predicted molar refractivity (Wildman–Crippen MR) is 114 cm³/mol. The Bertz CT molecular complexity index is 865. The van der Waals surface area contributed by atoms with E-state index in [1.54, 1.807) is 0 Å². The Morgan fingerprint density at radius 1 is 0.741 bits per heavy atom. The lowest BCUT2D eigenvalue weighted by Gasteiger charge is -2.33. The molecule has 1 N–H and O–H groups in total. The average molecular weight is 376 g/mol. The van der Waals surface area contributed by atoms with Crippen molar-refractivity contribution in [3.05, 3.63) is 90.0 Å². The van der Waals surface area contributed by atoms with E-state index in [1.807, 2.05) is 30.3 Å². The van der Waals surface area contributed by atoms with E-state index >= 15 is 0 Å². The Labute approximate surface area is 167 Å². The van der Waals surface area contributed by atoms with Crippen molar-refractivity contribution in [2.75, 3.05) is 13.1 Å². The molecule has 1 fully saturated rings. The molecule has 2 nitrogen and oxygen atoms in total. The molecule has 3 heteroatoms. The minimum absolute atomic E-state index is 0.0435. The van der Waals surface area contributed by atoms with E-state index in [0.29, 0.717) is 0 Å². The maximum Gasteiger partial charge on any atom is 0.0963 e. The summed E-state index contributed by atoms with van der Waals surface area (Å²) < 4.78 is 6.01. The van der Waals surface area contributed by atoms with Gasteiger partial charge in [-0.05, 0) is 60.3 Å². The summed E-state index contributed by atoms with van der Waals surface area (Å²) in [7, 11) is 0. The molecule has 2 aliphatic rings. The number of fused-ring (bicyclic) bond motifs is 2. The Hall–Kier alpha value is -2.07. The van der Waals surface area contributed by atoms with Gasteiger partial charge < -0.3 is 10.1 Å². The number of benzene rings is 3. The summed E-state index contributed by atoms with van der Waals surface area (Å²) >= 11 is 4.24. The second kappa shape index (κ2) is 8.30. The lowest BCUT2D eigenvalue weighted by Crippen LogP contribution is -2.39. The van der Waals surface area contributed by atoms with Crippen LogP contribution in [0.15, 0.2) is 83.8 Å². The minimum Gasteiger partial charge on any atom is -0.365 e. The molecular weight excluding hydrogens is 350 g/mol. The number of thiol groups is 1. The third-order valence-electron chi connectivity index (χ3n) is 5.40. The molecule has 5 rings (SSSR count). The summed E-state index contributed by atoms with van der Waals surface area (Å²) in [4.78, 5) is 1.000. The fraction of sp³-hybridized carbons (Fsp3) is 0.250. The van der Waals surface area contributed by atoms with E-state index in [0.717, 1.165) is 37.4 Å². The van der Waals surface area contributed by atoms with Gasteiger partial charge in [0.15, 0.2) is 0 Å². The molecule has 0 unspecified atom stereocenters. The summed E-state index contributed by atoms with van der Waals surface area (Å²) in [5, 5.41) is 3.39. The van der Waals surface area contributed by atoms with Crippen molar-refractivity contribution in [3.8, 4) is 11.1 Å². The number of hydrogen-bond acceptors (Lipinski definition) is 3. The van der Waals surface area contributed by atoms with Gasteiger partial charge in [-0.2, -0.15) is 0 Å². The molecule has 3 aromatic rings. The second-order valence-electron chi connectivity index (χ2n) is 7.10. The number of piperidine rings is 1. The van der Waals surface area contributed by atoms with Crippen LogP contribution in [0.5, 0.6) is 0 Å². The van der Waals surface area contributed by atoms with Gasteiger partial charge in [0.05, 0.1) is 12.2 Å². The predicted octanol–water partition coefficient (Wildman–Crippen LogP) is 5.44. The van der Waals surface area contributed by atoms with Crippen LogP contribution in [-0.4, -0.2) is 13.1 Å². The van der Waals surface area contributed by atoms with Gasteiger partial charge in [0.25, 0.3) is 0 Å². The van der Waals surface area contributed by atoms with E-state index in [2.05, 4.69) is 66.5 Å². The van der Waals surface area contributed by atoms with Gasteiger partial charge in [-0.25, -0.2) is 0 Å². The molecule has 0 amide bonds. The molecule has 0 bridgehead atoms. The summed E-state index contributed by atoms with van der Waals surface area (Å²) in [5.74, 6) is 0. The van der Waals surface area contributed by atoms with Gasteiger partial charge in [-0.3, -0.25) is 0 Å². The van der Waals surface area contributed by atoms with Crippen LogP contribution < -0.4 is 5.32 Å². The number of rotatable bonds is 1. The lowest BCUT2D eigenvalue weighted by atomic mass is 9.84. The maximum atomic E-state index is 6.01. The smallest absolute Gasteiger partial charge is 0.0963 e. The van der Waals surface area contributed by atoms with Gasteiger partial charge in [0, 0.05) is 4.90 Å². The zero-order valence-corrected chi connectivity index (χ0v) is 16.3. The highest BCUT2D eigenvalue weighted by molar-refractivity contribution is 7.80. The summed E-state index contributed by atoms with van der Waals surface area (Å²) in [6.45, 7) is 2.96. The Kier molecular flexibility index (Phi) is 5.63. The molecule has 0 atom stereocenters. The van der Waals surface area contributed by atoms with Crippen molar-refractivity contribution in [1.82, 2.24) is 5.32 Å². The largest absolute Gasteiger partial charge is 0.365 e. The zero-order valence-electron chi connectivity index (χ0n) is 15.4. The molecule has 0 aliphatic carbocycles. The quantitative estimate of drug-likeness (QED) is 0.553. The lowest BCUT2D eigenvalue weighted by molar-refractivity contribution is -0.0590. The third-order valence-corrected chi connectivity index (χ3v) is 5.70. The Morgan fingerprint density at radius 2 is 1.37 bits per heavy atom. The fourth-order valence-corrected chi connectivity index (χ4v) is 4.06. The zero-order chi connectivity index (χ0) is 18.5. The van der Waals surface area contributed by atoms with E-state index in [-0.39, 0.29) is 5.60 Å². The van der Waals surface area contributed by atoms with Crippen LogP contribution in [-0.2, 0) is 16.9 Å². The summed E-state index contributed by atoms with van der Waals surface area (Å²) in [6, 6.07) is 27.1. The van der Waals surface area contributed by atoms with Crippen molar-refractivity contribution in [3.63, 3.8) is 0 Å². The maximum absolute atomic E-state index is 6.01. The van der Waals surface area contributed by atoms with Gasteiger partial charge in [-0.1, -0.05) is 66.7 Å². The molecule has 1 saturated heterocycles. The first kappa shape index (κ1) is 18.3. The second-order valence-corrected chi connectivity index (χ2v) is 7.62. The molecule has 27 heavy (non-hydrogen) atoms. The molecule has 2 aliphatic heterocycles. The van der Waals surface area contributed by atoms with E-state index in [4.69, 9.17) is 4.74 Å². The SMILES string of the molecule is Sc1ccc(-c2ccccc2)cc1.c1ccc2c(c1)COC21CCNCC1. The minimum atomic E-state index is 0.0435. The highest BCUT2D eigenvalue weighted by Crippen LogP contribution is 2.42. The first-order chi connectivity index (χ1) is 13.3. The number of hydrogen-bond donors (Lipinski definition) is 2. The van der Waals surface area contributed by atoms with Crippen LogP contribution in [0.2, 0.25) is 0 Å². The Morgan fingerprint density at radius 3 is 2.11 bits per heavy atom. The first-order valence-corrected chi connectivity index (χ1v) is 9.99. The molecule has 0 aromatic heterocycles. The van der Waals surface area contributed by atoms with E-state index in [9.17, 15) is 0 Å². The van der Waals surface area contributed by atoms with Crippen LogP contribution in [0.1, 0.15) is 24.0 Å². The third kappa shape index (κ3) is 4.11. The van der Waals surface area contributed by atoms with E-state index < -0.39 is 0 Å². The number of nitrogens with one attached hydrogen (secondary N) is 1. The fourth-order valence-electron chi connectivity index (χ4n) is 3.91. The van der Waals surface area contributed by atoms with Crippen molar-refractivity contribution in [1.29, 1.82) is 0 Å². The normalized spacial score (nSPS) is 17.1. The van der Waals surface area contributed by atoms with Crippen molar-refractivity contribution >= 4 is 12.6 Å².